The van der Waals surface area contributed by atoms with Gasteiger partial charge in [-0.05, 0) is 52.5 Å². The first-order valence-electron chi connectivity index (χ1n) is 7.84. The first kappa shape index (κ1) is 16.6. The van der Waals surface area contributed by atoms with Crippen LogP contribution in [0.1, 0.15) is 29.2 Å². The van der Waals surface area contributed by atoms with Crippen molar-refractivity contribution >= 4 is 22.7 Å². The van der Waals surface area contributed by atoms with Crippen LogP contribution >= 0.6 is 11.6 Å². The van der Waals surface area contributed by atoms with Gasteiger partial charge in [0.2, 0.25) is 0 Å². The van der Waals surface area contributed by atoms with E-state index in [0.29, 0.717) is 12.2 Å². The van der Waals surface area contributed by atoms with Crippen molar-refractivity contribution in [3.63, 3.8) is 0 Å². The number of allylic oxidation sites excluding steroid dienone is 3. The van der Waals surface area contributed by atoms with Crippen LogP contribution < -0.4 is 15.5 Å². The summed E-state index contributed by atoms with van der Waals surface area (Å²) in [5, 5.41) is 0.742. The minimum Gasteiger partial charge on any atom is -0.496 e. The maximum absolute atomic E-state index is 6.39. The summed E-state index contributed by atoms with van der Waals surface area (Å²) in [5.41, 5.74) is 6.09. The summed E-state index contributed by atoms with van der Waals surface area (Å²) in [4.78, 5) is 5.13. The molecule has 124 valence electrons. The van der Waals surface area contributed by atoms with Crippen molar-refractivity contribution in [1.82, 2.24) is 0 Å². The van der Waals surface area contributed by atoms with Gasteiger partial charge < -0.3 is 9.57 Å². The second-order valence-electron chi connectivity index (χ2n) is 5.77. The lowest BCUT2D eigenvalue weighted by Crippen LogP contribution is -2.09. The average Bonchev–Trinajstić information content (AvgIpc) is 2.61. The highest BCUT2D eigenvalue weighted by Gasteiger charge is 2.21. The van der Waals surface area contributed by atoms with Gasteiger partial charge in [-0.1, -0.05) is 43.3 Å². The molecule has 2 aromatic carbocycles. The molecular formula is C20H20ClNO2. The predicted octanol–water partition coefficient (Wildman–Crippen LogP) is 4.82. The van der Waals surface area contributed by atoms with Crippen molar-refractivity contribution in [2.45, 2.75) is 19.8 Å². The average molecular weight is 342 g/mol. The molecule has 3 nitrogen and oxygen atoms in total. The second-order valence-corrected chi connectivity index (χ2v) is 6.18. The van der Waals surface area contributed by atoms with Crippen molar-refractivity contribution in [3.8, 4) is 11.5 Å². The summed E-state index contributed by atoms with van der Waals surface area (Å²) in [6.07, 6.45) is 3.58. The van der Waals surface area contributed by atoms with Crippen LogP contribution in [0.3, 0.4) is 0 Å². The summed E-state index contributed by atoms with van der Waals surface area (Å²) < 4.78 is 5.52. The van der Waals surface area contributed by atoms with Crippen molar-refractivity contribution in [3.05, 3.63) is 70.3 Å². The number of ether oxygens (including phenoxy) is 1. The maximum atomic E-state index is 6.39. The van der Waals surface area contributed by atoms with E-state index in [4.69, 9.17) is 27.1 Å². The van der Waals surface area contributed by atoms with Crippen molar-refractivity contribution in [2.75, 3.05) is 7.11 Å². The fraction of sp³-hybridized carbons (Fsp3) is 0.200. The number of fused-ring (bicyclic) bond motifs is 1. The Morgan fingerprint density at radius 3 is 2.67 bits per heavy atom. The molecule has 0 aliphatic heterocycles. The van der Waals surface area contributed by atoms with Crippen LogP contribution in [0, 0.1) is 0 Å². The molecule has 4 heteroatoms. The quantitative estimate of drug-likeness (QED) is 0.811. The fourth-order valence-corrected chi connectivity index (χ4v) is 3.40. The molecule has 0 aromatic heterocycles. The third-order valence-electron chi connectivity index (χ3n) is 4.42. The molecule has 0 spiro atoms. The Kier molecular flexibility index (Phi) is 4.65. The second kappa shape index (κ2) is 6.71. The molecular weight excluding hydrogens is 322 g/mol. The molecule has 1 aliphatic carbocycles. The van der Waals surface area contributed by atoms with Crippen molar-refractivity contribution in [2.24, 2.45) is 5.90 Å². The van der Waals surface area contributed by atoms with Gasteiger partial charge in [0.15, 0.2) is 5.75 Å². The molecule has 0 saturated carbocycles. The molecule has 2 aromatic rings. The molecule has 0 heterocycles. The molecule has 0 radical (unpaired) electrons. The lowest BCUT2D eigenvalue weighted by molar-refractivity contribution is 0.331. The van der Waals surface area contributed by atoms with Gasteiger partial charge >= 0.3 is 0 Å². The van der Waals surface area contributed by atoms with Crippen LogP contribution in [0.2, 0.25) is 5.02 Å². The van der Waals surface area contributed by atoms with Gasteiger partial charge in [0, 0.05) is 17.0 Å². The van der Waals surface area contributed by atoms with Crippen LogP contribution in [-0.2, 0) is 12.8 Å². The Balaban J connectivity index is 2.13. The molecule has 0 bridgehead atoms. The zero-order valence-corrected chi connectivity index (χ0v) is 14.6. The van der Waals surface area contributed by atoms with E-state index >= 15 is 0 Å². The highest BCUT2D eigenvalue weighted by atomic mass is 35.5. The summed E-state index contributed by atoms with van der Waals surface area (Å²) >= 11 is 6.39. The Hall–Kier alpha value is -2.23. The topological polar surface area (TPSA) is 44.5 Å². The lowest BCUT2D eigenvalue weighted by atomic mass is 9.85. The van der Waals surface area contributed by atoms with E-state index < -0.39 is 0 Å². The number of hydrogen-bond acceptors (Lipinski definition) is 3. The summed E-state index contributed by atoms with van der Waals surface area (Å²) in [6, 6.07) is 9.79. The third kappa shape index (κ3) is 2.81. The Morgan fingerprint density at radius 2 is 2.00 bits per heavy atom. The number of hydrogen-bond donors (Lipinski definition) is 1. The van der Waals surface area contributed by atoms with Crippen LogP contribution in [0.5, 0.6) is 11.5 Å². The predicted molar refractivity (Wildman–Crippen MR) is 99.4 cm³/mol. The minimum absolute atomic E-state index is 0.627. The highest BCUT2D eigenvalue weighted by Crippen LogP contribution is 2.41. The normalized spacial score (nSPS) is 13.3. The molecule has 1 aliphatic rings. The lowest BCUT2D eigenvalue weighted by Gasteiger charge is -2.22. The van der Waals surface area contributed by atoms with Crippen LogP contribution in [-0.4, -0.2) is 7.11 Å². The molecule has 3 rings (SSSR count). The highest BCUT2D eigenvalue weighted by molar-refractivity contribution is 6.31. The van der Waals surface area contributed by atoms with E-state index in [2.05, 4.69) is 19.6 Å². The standard InChI is InChI=1S/C20H20ClNO2/c1-4-13-10-20(24-22)16(11-19(13)23-3)14-8-12(2)15-6-5-7-18(21)17(15)9-14/h5-8,10-11H,2,4,9,22H2,1,3H3. The van der Waals surface area contributed by atoms with E-state index in [1.165, 1.54) is 0 Å². The van der Waals surface area contributed by atoms with Crippen LogP contribution in [0.25, 0.3) is 11.1 Å². The van der Waals surface area contributed by atoms with Gasteiger partial charge in [-0.15, -0.1) is 0 Å². The maximum Gasteiger partial charge on any atom is 0.154 e. The Morgan fingerprint density at radius 1 is 1.21 bits per heavy atom. The van der Waals surface area contributed by atoms with Gasteiger partial charge in [-0.3, -0.25) is 0 Å². The molecule has 0 atom stereocenters. The summed E-state index contributed by atoms with van der Waals surface area (Å²) in [6.45, 7) is 6.23. The number of nitrogens with two attached hydrogens (primary N) is 1. The zero-order valence-electron chi connectivity index (χ0n) is 13.9. The summed E-state index contributed by atoms with van der Waals surface area (Å²) in [5.74, 6) is 6.97. The Labute approximate surface area is 147 Å². The van der Waals surface area contributed by atoms with Gasteiger partial charge in [0.25, 0.3) is 0 Å². The zero-order chi connectivity index (χ0) is 17.3. The molecule has 2 N–H and O–H groups in total. The van der Waals surface area contributed by atoms with E-state index in [9.17, 15) is 0 Å². The van der Waals surface area contributed by atoms with E-state index in [0.717, 1.165) is 50.6 Å². The number of benzene rings is 2. The van der Waals surface area contributed by atoms with Gasteiger partial charge in [-0.2, -0.15) is 5.90 Å². The molecule has 0 unspecified atom stereocenters. The van der Waals surface area contributed by atoms with Crippen LogP contribution in [0.4, 0.5) is 0 Å². The van der Waals surface area contributed by atoms with Crippen LogP contribution in [0.15, 0.2) is 43.0 Å². The molecule has 0 amide bonds. The monoisotopic (exact) mass is 341 g/mol. The number of aryl methyl sites for hydroxylation is 1. The third-order valence-corrected chi connectivity index (χ3v) is 4.77. The first-order valence-corrected chi connectivity index (χ1v) is 8.22. The molecule has 0 fully saturated rings. The molecule has 24 heavy (non-hydrogen) atoms. The van der Waals surface area contributed by atoms with Gasteiger partial charge in [0.1, 0.15) is 5.75 Å². The van der Waals surface area contributed by atoms with E-state index in [1.807, 2.05) is 30.3 Å². The van der Waals surface area contributed by atoms with E-state index in [1.54, 1.807) is 7.11 Å². The number of halogens is 1. The van der Waals surface area contributed by atoms with Gasteiger partial charge in [0.05, 0.1) is 7.11 Å². The van der Waals surface area contributed by atoms with E-state index in [-0.39, 0.29) is 0 Å². The number of methoxy groups -OCH3 is 1. The molecule has 0 saturated heterocycles. The number of rotatable bonds is 4. The fourth-order valence-electron chi connectivity index (χ4n) is 3.16. The largest absolute Gasteiger partial charge is 0.496 e. The SMILES string of the molecule is C=C1C=C(c2cc(OC)c(CC)cc2ON)Cc2c(Cl)cccc21. The van der Waals surface area contributed by atoms with Crippen molar-refractivity contribution in [1.29, 1.82) is 0 Å². The smallest absolute Gasteiger partial charge is 0.154 e. The van der Waals surface area contributed by atoms with Crippen molar-refractivity contribution < 1.29 is 9.57 Å². The van der Waals surface area contributed by atoms with Gasteiger partial charge in [-0.25, -0.2) is 0 Å². The summed E-state index contributed by atoms with van der Waals surface area (Å²) in [7, 11) is 1.67. The minimum atomic E-state index is 0.627. The Bertz CT molecular complexity index is 840. The first-order chi connectivity index (χ1) is 11.6.